The summed E-state index contributed by atoms with van der Waals surface area (Å²) in [5.74, 6) is 0.839. The Morgan fingerprint density at radius 2 is 1.71 bits per heavy atom. The van der Waals surface area contributed by atoms with Crippen LogP contribution >= 0.6 is 0 Å². The maximum Gasteiger partial charge on any atom is 0.258 e. The van der Waals surface area contributed by atoms with Crippen molar-refractivity contribution in [2.24, 2.45) is 0 Å². The largest absolute Gasteiger partial charge is 0.497 e. The summed E-state index contributed by atoms with van der Waals surface area (Å²) in [5, 5.41) is 2.70. The van der Waals surface area contributed by atoms with E-state index < -0.39 is 5.91 Å². The molecule has 1 amide bonds. The Bertz CT molecular complexity index is 1120. The molecule has 1 heterocycles. The summed E-state index contributed by atoms with van der Waals surface area (Å²) >= 11 is 0. The molecular weight excluding hydrogens is 394 g/mol. The lowest BCUT2D eigenvalue weighted by atomic mass is 9.82. The van der Waals surface area contributed by atoms with E-state index in [0.29, 0.717) is 41.2 Å². The second kappa shape index (κ2) is 8.55. The quantitative estimate of drug-likeness (QED) is 0.676. The van der Waals surface area contributed by atoms with Crippen LogP contribution in [0.3, 0.4) is 0 Å². The number of aromatic nitrogens is 2. The highest BCUT2D eigenvalue weighted by Gasteiger charge is 2.28. The van der Waals surface area contributed by atoms with Crippen LogP contribution in [0.2, 0.25) is 0 Å². The Hall–Kier alpha value is -3.74. The van der Waals surface area contributed by atoms with E-state index in [1.807, 2.05) is 19.1 Å². The Morgan fingerprint density at radius 3 is 2.35 bits per heavy atom. The zero-order valence-corrected chi connectivity index (χ0v) is 17.6. The monoisotopic (exact) mass is 417 g/mol. The van der Waals surface area contributed by atoms with Crippen molar-refractivity contribution in [2.45, 2.75) is 25.7 Å². The van der Waals surface area contributed by atoms with Crippen LogP contribution < -0.4 is 14.8 Å². The van der Waals surface area contributed by atoms with Crippen LogP contribution in [0.25, 0.3) is 0 Å². The van der Waals surface area contributed by atoms with Gasteiger partial charge in [0.2, 0.25) is 5.95 Å². The first-order valence-corrected chi connectivity index (χ1v) is 9.97. The molecule has 2 aromatic carbocycles. The highest BCUT2D eigenvalue weighted by molar-refractivity contribution is 6.04. The highest BCUT2D eigenvalue weighted by atomic mass is 16.5. The normalized spacial score (nSPS) is 15.2. The lowest BCUT2D eigenvalue weighted by molar-refractivity contribution is 0.0962. The summed E-state index contributed by atoms with van der Waals surface area (Å²) in [7, 11) is 3.04. The number of ketones is 1. The van der Waals surface area contributed by atoms with Crippen molar-refractivity contribution in [1.82, 2.24) is 9.97 Å². The van der Waals surface area contributed by atoms with E-state index in [4.69, 9.17) is 9.47 Å². The number of nitrogens with one attached hydrogen (secondary N) is 1. The fourth-order valence-corrected chi connectivity index (χ4v) is 3.69. The van der Waals surface area contributed by atoms with Crippen LogP contribution in [0.4, 0.5) is 5.95 Å². The Labute approximate surface area is 180 Å². The molecule has 0 saturated heterocycles. The second-order valence-corrected chi connectivity index (χ2v) is 7.55. The van der Waals surface area contributed by atoms with Gasteiger partial charge >= 0.3 is 0 Å². The Kier molecular flexibility index (Phi) is 5.66. The maximum absolute atomic E-state index is 12.7. The smallest absolute Gasteiger partial charge is 0.258 e. The van der Waals surface area contributed by atoms with Crippen LogP contribution in [-0.4, -0.2) is 35.9 Å². The van der Waals surface area contributed by atoms with Gasteiger partial charge in [-0.05, 0) is 37.0 Å². The third kappa shape index (κ3) is 4.40. The first kappa shape index (κ1) is 20.5. The molecule has 7 nitrogen and oxygen atoms in total. The molecule has 4 rings (SSSR count). The van der Waals surface area contributed by atoms with Crippen molar-refractivity contribution < 1.29 is 19.1 Å². The van der Waals surface area contributed by atoms with Gasteiger partial charge < -0.3 is 9.47 Å². The number of ether oxygens (including phenoxy) is 2. The second-order valence-electron chi connectivity index (χ2n) is 7.55. The molecule has 7 heteroatoms. The molecule has 1 aliphatic rings. The van der Waals surface area contributed by atoms with Crippen molar-refractivity contribution in [3.63, 3.8) is 0 Å². The molecule has 1 aliphatic carbocycles. The highest BCUT2D eigenvalue weighted by Crippen LogP contribution is 2.32. The number of hydrogen-bond acceptors (Lipinski definition) is 6. The van der Waals surface area contributed by atoms with Gasteiger partial charge in [0.1, 0.15) is 11.5 Å². The van der Waals surface area contributed by atoms with Crippen LogP contribution in [0, 0.1) is 6.92 Å². The summed E-state index contributed by atoms with van der Waals surface area (Å²) in [6.45, 7) is 2.03. The number of amides is 1. The van der Waals surface area contributed by atoms with Crippen molar-refractivity contribution in [3.8, 4) is 11.5 Å². The minimum atomic E-state index is -0.394. The third-order valence-electron chi connectivity index (χ3n) is 5.43. The molecule has 158 valence electrons. The predicted molar refractivity (Wildman–Crippen MR) is 116 cm³/mol. The number of rotatable bonds is 5. The molecule has 0 saturated carbocycles. The molecule has 3 aromatic rings. The zero-order valence-electron chi connectivity index (χ0n) is 17.6. The third-order valence-corrected chi connectivity index (χ3v) is 5.43. The fraction of sp³-hybridized carbons (Fsp3) is 0.250. The number of aryl methyl sites for hydroxylation is 1. The average molecular weight is 417 g/mol. The average Bonchev–Trinajstić information content (AvgIpc) is 2.78. The number of hydrogen-bond donors (Lipinski definition) is 1. The number of carbonyl (C=O) groups is 2. The van der Waals surface area contributed by atoms with Crippen molar-refractivity contribution in [2.75, 3.05) is 19.5 Å². The van der Waals surface area contributed by atoms with Gasteiger partial charge in [-0.1, -0.05) is 29.8 Å². The summed E-state index contributed by atoms with van der Waals surface area (Å²) in [6, 6.07) is 13.1. The molecule has 0 unspecified atom stereocenters. The fourth-order valence-electron chi connectivity index (χ4n) is 3.69. The summed E-state index contributed by atoms with van der Waals surface area (Å²) in [6.07, 6.45) is 2.54. The van der Waals surface area contributed by atoms with E-state index in [1.165, 1.54) is 26.0 Å². The van der Waals surface area contributed by atoms with Crippen molar-refractivity contribution in [1.29, 1.82) is 0 Å². The lowest BCUT2D eigenvalue weighted by Crippen LogP contribution is -2.22. The van der Waals surface area contributed by atoms with E-state index in [0.717, 1.165) is 5.56 Å². The molecular formula is C24H23N3O4. The van der Waals surface area contributed by atoms with Gasteiger partial charge in [0, 0.05) is 24.2 Å². The Morgan fingerprint density at radius 1 is 1.03 bits per heavy atom. The first-order chi connectivity index (χ1) is 15.0. The van der Waals surface area contributed by atoms with Gasteiger partial charge in [-0.25, -0.2) is 9.97 Å². The van der Waals surface area contributed by atoms with E-state index in [9.17, 15) is 9.59 Å². The SMILES string of the molecule is COc1cc(OC)cc(C(=O)Nc2ncc3c(n2)C[C@H](c2ccc(C)cc2)CC3=O)c1. The number of benzene rings is 2. The summed E-state index contributed by atoms with van der Waals surface area (Å²) in [4.78, 5) is 34.0. The van der Waals surface area contributed by atoms with E-state index in [1.54, 1.807) is 18.2 Å². The van der Waals surface area contributed by atoms with Crippen LogP contribution in [0.5, 0.6) is 11.5 Å². The molecule has 0 spiro atoms. The van der Waals surface area contributed by atoms with Crippen LogP contribution in [0.1, 0.15) is 49.9 Å². The van der Waals surface area contributed by atoms with Gasteiger partial charge in [0.15, 0.2) is 5.78 Å². The van der Waals surface area contributed by atoms with Gasteiger partial charge in [-0.2, -0.15) is 0 Å². The molecule has 31 heavy (non-hydrogen) atoms. The summed E-state index contributed by atoms with van der Waals surface area (Å²) in [5.41, 5.74) is 3.80. The minimum absolute atomic E-state index is 0.0160. The molecule has 0 aliphatic heterocycles. The van der Waals surface area contributed by atoms with Crippen LogP contribution in [0.15, 0.2) is 48.7 Å². The molecule has 0 bridgehead atoms. The molecule has 1 aromatic heterocycles. The van der Waals surface area contributed by atoms with Gasteiger partial charge in [0.25, 0.3) is 5.91 Å². The van der Waals surface area contributed by atoms with Crippen molar-refractivity contribution in [3.05, 3.63) is 76.6 Å². The Balaban J connectivity index is 1.57. The summed E-state index contributed by atoms with van der Waals surface area (Å²) < 4.78 is 10.4. The minimum Gasteiger partial charge on any atom is -0.497 e. The van der Waals surface area contributed by atoms with E-state index in [2.05, 4.69) is 27.4 Å². The number of nitrogens with zero attached hydrogens (tertiary/aromatic N) is 2. The molecule has 0 fully saturated rings. The number of Topliss-reactive ketones (excluding diaryl/α,β-unsaturated/α-hetero) is 1. The van der Waals surface area contributed by atoms with Gasteiger partial charge in [-0.15, -0.1) is 0 Å². The van der Waals surface area contributed by atoms with Gasteiger partial charge in [0.05, 0.1) is 25.5 Å². The zero-order chi connectivity index (χ0) is 22.0. The molecule has 1 atom stereocenters. The predicted octanol–water partition coefficient (Wildman–Crippen LogP) is 3.97. The lowest BCUT2D eigenvalue weighted by Gasteiger charge is -2.23. The van der Waals surface area contributed by atoms with E-state index >= 15 is 0 Å². The van der Waals surface area contributed by atoms with Gasteiger partial charge in [-0.3, -0.25) is 14.9 Å². The number of carbonyl (C=O) groups excluding carboxylic acids is 2. The maximum atomic E-state index is 12.7. The topological polar surface area (TPSA) is 90.4 Å². The number of anilines is 1. The standard InChI is InChI=1S/C24H23N3O4/c1-14-4-6-15(7-5-14)16-10-21-20(22(28)11-16)13-25-24(26-21)27-23(29)17-8-18(30-2)12-19(9-17)31-3/h4-9,12-13,16H,10-11H2,1-3H3,(H,25,26,27,29)/t16-/m0/s1. The van der Waals surface area contributed by atoms with E-state index in [-0.39, 0.29) is 17.6 Å². The first-order valence-electron chi connectivity index (χ1n) is 9.97. The number of methoxy groups -OCH3 is 2. The van der Waals surface area contributed by atoms with Crippen molar-refractivity contribution >= 4 is 17.6 Å². The number of fused-ring (bicyclic) bond motifs is 1. The van der Waals surface area contributed by atoms with Crippen LogP contribution in [-0.2, 0) is 6.42 Å². The molecule has 1 N–H and O–H groups in total. The molecule has 0 radical (unpaired) electrons.